The third-order valence-corrected chi connectivity index (χ3v) is 8.99. The molecule has 1 aromatic heterocycles. The molecule has 18 heteroatoms. The van der Waals surface area contributed by atoms with Crippen LogP contribution in [0.5, 0.6) is 5.75 Å². The Bertz CT molecular complexity index is 1550. The molecule has 2 aromatic rings. The number of hydrogen-bond donors (Lipinski definition) is 3. The van der Waals surface area contributed by atoms with E-state index in [0.717, 1.165) is 16.3 Å². The molecule has 1 fully saturated rings. The average Bonchev–Trinajstić information content (AvgIpc) is 3.35. The maximum Gasteiger partial charge on any atom is 0.530 e. The van der Waals surface area contributed by atoms with Gasteiger partial charge in [-0.1, -0.05) is 49.8 Å². The summed E-state index contributed by atoms with van der Waals surface area (Å²) in [6.07, 6.45) is -0.470. The van der Waals surface area contributed by atoms with Crippen LogP contribution >= 0.6 is 19.6 Å². The first kappa shape index (κ1) is 35.1. The van der Waals surface area contributed by atoms with Gasteiger partial charge in [0.2, 0.25) is 0 Å². The van der Waals surface area contributed by atoms with Crippen molar-refractivity contribution < 1.29 is 37.6 Å². The molecule has 4 unspecified atom stereocenters. The summed E-state index contributed by atoms with van der Waals surface area (Å²) in [5, 5.41) is 12.7. The van der Waals surface area contributed by atoms with E-state index in [2.05, 4.69) is 15.0 Å². The fourth-order valence-corrected chi connectivity index (χ4v) is 6.05. The highest BCUT2D eigenvalue weighted by Crippen LogP contribution is 2.50. The number of rotatable bonds is 14. The van der Waals surface area contributed by atoms with E-state index in [4.69, 9.17) is 34.7 Å². The van der Waals surface area contributed by atoms with Crippen LogP contribution in [0.3, 0.4) is 0 Å². The van der Waals surface area contributed by atoms with Crippen molar-refractivity contribution in [3.05, 3.63) is 72.9 Å². The highest BCUT2D eigenvalue weighted by atomic mass is 32.2. The van der Waals surface area contributed by atoms with Crippen molar-refractivity contribution >= 4 is 30.7 Å². The van der Waals surface area contributed by atoms with Gasteiger partial charge in [0.05, 0.1) is 25.4 Å². The Morgan fingerprint density at radius 1 is 1.30 bits per heavy atom. The number of aryl methyl sites for hydroxylation is 1. The van der Waals surface area contributed by atoms with Crippen molar-refractivity contribution in [2.45, 2.75) is 65.0 Å². The first-order valence-electron chi connectivity index (χ1n) is 13.5. The van der Waals surface area contributed by atoms with E-state index in [1.807, 2.05) is 0 Å². The Labute approximate surface area is 256 Å². The van der Waals surface area contributed by atoms with E-state index in [0.29, 0.717) is 5.56 Å². The number of nitrogens with two attached hydrogens (primary N) is 1. The summed E-state index contributed by atoms with van der Waals surface area (Å²) in [6.45, 7) is 6.20. The maximum atomic E-state index is 13.8. The summed E-state index contributed by atoms with van der Waals surface area (Å²) in [6, 6.07) is 4.03. The first-order valence-corrected chi connectivity index (χ1v) is 15.9. The van der Waals surface area contributed by atoms with Crippen LogP contribution in [0.25, 0.3) is 10.4 Å². The molecule has 1 aromatic carbocycles. The van der Waals surface area contributed by atoms with E-state index < -0.39 is 61.5 Å². The normalized spacial score (nSPS) is 20.3. The number of carboxylic acids is 1. The van der Waals surface area contributed by atoms with Crippen LogP contribution in [0.2, 0.25) is 0 Å². The van der Waals surface area contributed by atoms with Crippen LogP contribution in [0.4, 0.5) is 0 Å². The molecule has 0 radical (unpaired) electrons. The number of carboxylic acid groups (broad SMARTS) is 1. The summed E-state index contributed by atoms with van der Waals surface area (Å²) >= 11 is 0.999. The molecule has 5 atom stereocenters. The second-order valence-corrected chi connectivity index (χ2v) is 13.6. The number of azide groups is 1. The smallest absolute Gasteiger partial charge is 0.480 e. The zero-order valence-electron chi connectivity index (χ0n) is 24.6. The molecular formula is C26H35N6O10PS. The first-order chi connectivity index (χ1) is 20.6. The van der Waals surface area contributed by atoms with Gasteiger partial charge in [-0.3, -0.25) is 33.0 Å². The average molecular weight is 655 g/mol. The van der Waals surface area contributed by atoms with Gasteiger partial charge in [0.1, 0.15) is 18.0 Å². The standard InChI is InChI=1S/C26H35N6O10PS/c1-15-13-32(25(37)29-22(15)33)21-12-19(30-31-28)20(41-21)14-40-43(38,39-9-10-44-24(36)26(2,3)4)42-17-7-5-16(6-8-17)11-18(27)23(34)35/h5-8,13,18-21H,9-12,14,27H2,1-4H3,(H,34,35)(H,29,33,37)/t18-,19?,20?,21?,43?/m0/s1. The van der Waals surface area contributed by atoms with Crippen LogP contribution in [0, 0.1) is 12.3 Å². The monoisotopic (exact) mass is 654 g/mol. The van der Waals surface area contributed by atoms with Crippen molar-refractivity contribution in [2.75, 3.05) is 19.0 Å². The molecule has 44 heavy (non-hydrogen) atoms. The number of ether oxygens (including phenoxy) is 1. The molecule has 0 saturated carbocycles. The van der Waals surface area contributed by atoms with Gasteiger partial charge in [-0.15, -0.1) is 0 Å². The second-order valence-electron chi connectivity index (χ2n) is 11.0. The van der Waals surface area contributed by atoms with E-state index in [1.54, 1.807) is 32.9 Å². The van der Waals surface area contributed by atoms with Gasteiger partial charge >= 0.3 is 19.5 Å². The number of carbonyl (C=O) groups is 2. The van der Waals surface area contributed by atoms with Crippen LogP contribution < -0.4 is 21.5 Å². The van der Waals surface area contributed by atoms with Gasteiger partial charge in [-0.2, -0.15) is 0 Å². The number of phosphoric ester groups is 1. The number of hydrogen-bond acceptors (Lipinski definition) is 12. The number of aromatic nitrogens is 2. The lowest BCUT2D eigenvalue weighted by molar-refractivity contribution is -0.138. The molecule has 2 heterocycles. The Morgan fingerprint density at radius 2 is 1.98 bits per heavy atom. The maximum absolute atomic E-state index is 13.8. The highest BCUT2D eigenvalue weighted by Gasteiger charge is 2.39. The minimum Gasteiger partial charge on any atom is -0.480 e. The molecule has 16 nitrogen and oxygen atoms in total. The largest absolute Gasteiger partial charge is 0.530 e. The number of H-pyrrole nitrogens is 1. The highest BCUT2D eigenvalue weighted by molar-refractivity contribution is 8.13. The number of phosphoric acid groups is 1. The summed E-state index contributed by atoms with van der Waals surface area (Å²) in [4.78, 5) is 52.5. The second kappa shape index (κ2) is 15.0. The van der Waals surface area contributed by atoms with Gasteiger partial charge < -0.3 is 20.1 Å². The molecule has 0 spiro atoms. The predicted octanol–water partition coefficient (Wildman–Crippen LogP) is 3.29. The number of aromatic amines is 1. The molecule has 240 valence electrons. The molecule has 1 saturated heterocycles. The number of benzene rings is 1. The van der Waals surface area contributed by atoms with Gasteiger partial charge in [0.25, 0.3) is 5.56 Å². The minimum atomic E-state index is -4.39. The van der Waals surface area contributed by atoms with Crippen molar-refractivity contribution in [3.63, 3.8) is 0 Å². The van der Waals surface area contributed by atoms with Crippen LogP contribution in [-0.4, -0.2) is 62.9 Å². The van der Waals surface area contributed by atoms with Crippen molar-refractivity contribution in [2.24, 2.45) is 16.3 Å². The summed E-state index contributed by atoms with van der Waals surface area (Å²) in [5.74, 6) is -0.932. The van der Waals surface area contributed by atoms with Gasteiger partial charge in [0, 0.05) is 34.3 Å². The third-order valence-electron chi connectivity index (χ3n) is 6.35. The number of carbonyl (C=O) groups excluding carboxylic acids is 1. The van der Waals surface area contributed by atoms with Crippen LogP contribution in [0.1, 0.15) is 44.5 Å². The molecule has 0 aliphatic carbocycles. The van der Waals surface area contributed by atoms with Crippen LogP contribution in [0.15, 0.2) is 45.2 Å². The number of thioether (sulfide) groups is 1. The van der Waals surface area contributed by atoms with E-state index in [-0.39, 0.29) is 41.6 Å². The van der Waals surface area contributed by atoms with E-state index in [9.17, 15) is 23.7 Å². The minimum absolute atomic E-state index is 0.0538. The van der Waals surface area contributed by atoms with Crippen molar-refractivity contribution in [3.8, 4) is 5.75 Å². The number of aliphatic carboxylic acids is 1. The Balaban J connectivity index is 1.76. The fourth-order valence-electron chi connectivity index (χ4n) is 3.94. The van der Waals surface area contributed by atoms with Gasteiger partial charge in [-0.25, -0.2) is 9.36 Å². The van der Waals surface area contributed by atoms with Crippen molar-refractivity contribution in [1.29, 1.82) is 0 Å². The molecule has 1 aliphatic heterocycles. The fraction of sp³-hybridized carbons (Fsp3) is 0.538. The molecule has 0 amide bonds. The molecule has 0 bridgehead atoms. The number of nitrogens with one attached hydrogen (secondary N) is 1. The zero-order valence-corrected chi connectivity index (χ0v) is 26.3. The lowest BCUT2D eigenvalue weighted by Crippen LogP contribution is -2.33. The van der Waals surface area contributed by atoms with Gasteiger partial charge in [0.15, 0.2) is 5.12 Å². The van der Waals surface area contributed by atoms with E-state index in [1.165, 1.54) is 25.3 Å². The quantitative estimate of drug-likeness (QED) is 0.0874. The Kier molecular flexibility index (Phi) is 12.0. The lowest BCUT2D eigenvalue weighted by Gasteiger charge is -2.22. The predicted molar refractivity (Wildman–Crippen MR) is 160 cm³/mol. The molecule has 4 N–H and O–H groups in total. The lowest BCUT2D eigenvalue weighted by atomic mass is 10.00. The van der Waals surface area contributed by atoms with Gasteiger partial charge in [-0.05, 0) is 36.6 Å². The summed E-state index contributed by atoms with van der Waals surface area (Å²) in [7, 11) is -4.39. The number of nitrogens with zero attached hydrogens (tertiary/aromatic N) is 4. The SMILES string of the molecule is Cc1cn(C2CC(N=[N+]=[N-])C(COP(=O)(OCCSC(=O)C(C)(C)C)Oc3ccc(C[C@H](N)C(=O)O)cc3)O2)c(=O)[nH]c1=O. The van der Waals surface area contributed by atoms with E-state index >= 15 is 0 Å². The molecular weight excluding hydrogens is 619 g/mol. The summed E-state index contributed by atoms with van der Waals surface area (Å²) in [5.41, 5.74) is 13.7. The molecule has 3 rings (SSSR count). The van der Waals surface area contributed by atoms with Crippen LogP contribution in [-0.2, 0) is 34.4 Å². The van der Waals surface area contributed by atoms with Crippen molar-refractivity contribution in [1.82, 2.24) is 9.55 Å². The topological polar surface area (TPSA) is 238 Å². The zero-order chi connectivity index (χ0) is 32.7. The molecule has 1 aliphatic rings. The summed E-state index contributed by atoms with van der Waals surface area (Å²) < 4.78 is 37.6. The third kappa shape index (κ3) is 9.79. The Hall–Kier alpha value is -3.43. The Morgan fingerprint density at radius 3 is 2.59 bits per heavy atom.